The molecule has 96 valence electrons. The zero-order chi connectivity index (χ0) is 13.1. The van der Waals surface area contributed by atoms with Crippen molar-refractivity contribution in [1.29, 1.82) is 5.26 Å². The highest BCUT2D eigenvalue weighted by Crippen LogP contribution is 2.39. The summed E-state index contributed by atoms with van der Waals surface area (Å²) in [5, 5.41) is 9.50. The fraction of sp³-hybridized carbons (Fsp3) is 0.786. The molecule has 1 aliphatic rings. The van der Waals surface area contributed by atoms with Crippen molar-refractivity contribution in [1.82, 2.24) is 0 Å². The molecule has 1 rings (SSSR count). The van der Waals surface area contributed by atoms with Crippen LogP contribution in [0.4, 0.5) is 0 Å². The summed E-state index contributed by atoms with van der Waals surface area (Å²) in [5.41, 5.74) is 0. The van der Waals surface area contributed by atoms with E-state index in [9.17, 15) is 5.26 Å². The van der Waals surface area contributed by atoms with Gasteiger partial charge < -0.3 is 4.43 Å². The molecular formula is C14H25NOSi. The molecule has 0 N–H and O–H groups in total. The van der Waals surface area contributed by atoms with Gasteiger partial charge >= 0.3 is 0 Å². The molecule has 0 radical (unpaired) electrons. The molecule has 0 aromatic carbocycles. The van der Waals surface area contributed by atoms with Crippen molar-refractivity contribution in [3.63, 3.8) is 0 Å². The quantitative estimate of drug-likeness (QED) is 0.555. The minimum Gasteiger partial charge on any atom is -0.401 e. The number of nitriles is 1. The highest BCUT2D eigenvalue weighted by Gasteiger charge is 2.40. The van der Waals surface area contributed by atoms with E-state index in [4.69, 9.17) is 4.43 Å². The van der Waals surface area contributed by atoms with Crippen LogP contribution in [0.25, 0.3) is 0 Å². The van der Waals surface area contributed by atoms with Gasteiger partial charge in [0, 0.05) is 5.92 Å². The number of rotatable bonds is 3. The third-order valence-electron chi connectivity index (χ3n) is 4.09. The second-order valence-corrected chi connectivity index (χ2v) is 11.2. The van der Waals surface area contributed by atoms with Crippen LogP contribution in [0.2, 0.25) is 18.1 Å². The van der Waals surface area contributed by atoms with Gasteiger partial charge in [0.2, 0.25) is 0 Å². The average molecular weight is 251 g/mol. The lowest BCUT2D eigenvalue weighted by molar-refractivity contribution is 0.158. The first kappa shape index (κ1) is 14.5. The Balaban J connectivity index is 2.70. The predicted molar refractivity (Wildman–Crippen MR) is 74.2 cm³/mol. The summed E-state index contributed by atoms with van der Waals surface area (Å²) in [6.07, 6.45) is 7.34. The molecule has 0 heterocycles. The van der Waals surface area contributed by atoms with Crippen molar-refractivity contribution in [3.05, 3.63) is 12.2 Å². The standard InChI is InChI=1S/C14H25NOSi/c1-14(2,3)17(4,5)16-13(11-15)12-9-7-6-8-10-12/h6-7,12-13H,8-10H2,1-5H3/t12?,13-/m0/s1. The molecule has 0 amide bonds. The topological polar surface area (TPSA) is 33.0 Å². The molecule has 0 spiro atoms. The van der Waals surface area contributed by atoms with Crippen molar-refractivity contribution in [2.75, 3.05) is 0 Å². The highest BCUT2D eigenvalue weighted by molar-refractivity contribution is 6.74. The molecule has 0 aliphatic heterocycles. The molecule has 0 saturated carbocycles. The van der Waals surface area contributed by atoms with E-state index in [1.807, 2.05) is 0 Å². The fourth-order valence-electron chi connectivity index (χ4n) is 1.81. The molecule has 1 aliphatic carbocycles. The van der Waals surface area contributed by atoms with Crippen LogP contribution in [0.5, 0.6) is 0 Å². The van der Waals surface area contributed by atoms with Gasteiger partial charge in [0.15, 0.2) is 8.32 Å². The summed E-state index contributed by atoms with van der Waals surface area (Å²) < 4.78 is 6.23. The largest absolute Gasteiger partial charge is 0.401 e. The third kappa shape index (κ3) is 3.69. The fourth-order valence-corrected chi connectivity index (χ4v) is 3.05. The minimum absolute atomic E-state index is 0.173. The molecule has 2 nitrogen and oxygen atoms in total. The molecular weight excluding hydrogens is 226 g/mol. The summed E-state index contributed by atoms with van der Waals surface area (Å²) in [4.78, 5) is 0. The maximum atomic E-state index is 9.33. The van der Waals surface area contributed by atoms with E-state index in [1.54, 1.807) is 0 Å². The third-order valence-corrected chi connectivity index (χ3v) is 8.55. The Bertz CT molecular complexity index is 322. The Morgan fingerprint density at radius 3 is 2.41 bits per heavy atom. The first-order valence-corrected chi connectivity index (χ1v) is 9.41. The van der Waals surface area contributed by atoms with Crippen LogP contribution in [-0.4, -0.2) is 14.4 Å². The molecule has 1 unspecified atom stereocenters. The number of allylic oxidation sites excluding steroid dienone is 2. The lowest BCUT2D eigenvalue weighted by Crippen LogP contribution is -2.45. The van der Waals surface area contributed by atoms with Crippen LogP contribution < -0.4 is 0 Å². The lowest BCUT2D eigenvalue weighted by atomic mass is 9.90. The summed E-state index contributed by atoms with van der Waals surface area (Å²) in [6, 6.07) is 2.38. The lowest BCUT2D eigenvalue weighted by Gasteiger charge is -2.39. The normalized spacial score (nSPS) is 23.2. The first-order chi connectivity index (χ1) is 7.78. The van der Waals surface area contributed by atoms with E-state index in [1.165, 1.54) is 0 Å². The molecule has 3 heteroatoms. The maximum absolute atomic E-state index is 9.33. The minimum atomic E-state index is -1.82. The Morgan fingerprint density at radius 1 is 1.35 bits per heavy atom. The van der Waals surface area contributed by atoms with E-state index < -0.39 is 8.32 Å². The number of hydrogen-bond donors (Lipinski definition) is 0. The molecule has 0 fully saturated rings. The van der Waals surface area contributed by atoms with E-state index in [0.717, 1.165) is 19.3 Å². The van der Waals surface area contributed by atoms with Gasteiger partial charge in [-0.15, -0.1) is 0 Å². The Hall–Kier alpha value is -0.593. The zero-order valence-corrected chi connectivity index (χ0v) is 12.8. The smallest absolute Gasteiger partial charge is 0.193 e. The first-order valence-electron chi connectivity index (χ1n) is 6.50. The van der Waals surface area contributed by atoms with Crippen molar-refractivity contribution < 1.29 is 4.43 Å². The average Bonchev–Trinajstić information content (AvgIpc) is 2.25. The van der Waals surface area contributed by atoms with Gasteiger partial charge in [0.05, 0.1) is 6.07 Å². The second-order valence-electron chi connectivity index (χ2n) is 6.47. The summed E-state index contributed by atoms with van der Waals surface area (Å²) >= 11 is 0. The van der Waals surface area contributed by atoms with Crippen molar-refractivity contribution in [2.45, 2.75) is 64.3 Å². The van der Waals surface area contributed by atoms with Gasteiger partial charge in [-0.05, 0) is 37.4 Å². The van der Waals surface area contributed by atoms with E-state index in [0.29, 0.717) is 5.92 Å². The van der Waals surface area contributed by atoms with Crippen LogP contribution in [0, 0.1) is 17.2 Å². The maximum Gasteiger partial charge on any atom is 0.193 e. The molecule has 0 aromatic rings. The van der Waals surface area contributed by atoms with Gasteiger partial charge in [-0.3, -0.25) is 0 Å². The van der Waals surface area contributed by atoms with Crippen molar-refractivity contribution in [3.8, 4) is 6.07 Å². The monoisotopic (exact) mass is 251 g/mol. The zero-order valence-electron chi connectivity index (χ0n) is 11.8. The van der Waals surface area contributed by atoms with Crippen LogP contribution >= 0.6 is 0 Å². The van der Waals surface area contributed by atoms with Crippen molar-refractivity contribution in [2.24, 2.45) is 5.92 Å². The van der Waals surface area contributed by atoms with E-state index in [-0.39, 0.29) is 11.1 Å². The summed E-state index contributed by atoms with van der Waals surface area (Å²) in [5.74, 6) is 0.388. The van der Waals surface area contributed by atoms with Gasteiger partial charge in [-0.25, -0.2) is 0 Å². The van der Waals surface area contributed by atoms with Crippen LogP contribution in [-0.2, 0) is 4.43 Å². The van der Waals surface area contributed by atoms with Gasteiger partial charge in [0.1, 0.15) is 6.10 Å². The van der Waals surface area contributed by atoms with Gasteiger partial charge in [-0.1, -0.05) is 32.9 Å². The van der Waals surface area contributed by atoms with Crippen LogP contribution in [0.1, 0.15) is 40.0 Å². The van der Waals surface area contributed by atoms with Crippen LogP contribution in [0.3, 0.4) is 0 Å². The van der Waals surface area contributed by atoms with Crippen LogP contribution in [0.15, 0.2) is 12.2 Å². The SMILES string of the molecule is CC(C)(C)[Si](C)(C)O[C@@H](C#N)C1CC=CCC1. The predicted octanol–water partition coefficient (Wildman–Crippen LogP) is 4.26. The molecule has 0 aromatic heterocycles. The number of hydrogen-bond acceptors (Lipinski definition) is 2. The Kier molecular flexibility index (Phi) is 4.57. The highest BCUT2D eigenvalue weighted by atomic mass is 28.4. The van der Waals surface area contributed by atoms with Gasteiger partial charge in [-0.2, -0.15) is 5.26 Å². The molecule has 0 bridgehead atoms. The molecule has 0 saturated heterocycles. The van der Waals surface area contributed by atoms with E-state index in [2.05, 4.69) is 52.1 Å². The van der Waals surface area contributed by atoms with E-state index >= 15 is 0 Å². The molecule has 17 heavy (non-hydrogen) atoms. The number of nitrogens with zero attached hydrogens (tertiary/aromatic N) is 1. The summed E-state index contributed by atoms with van der Waals surface area (Å²) in [6.45, 7) is 11.1. The summed E-state index contributed by atoms with van der Waals surface area (Å²) in [7, 11) is -1.82. The molecule has 2 atom stereocenters. The Morgan fingerprint density at radius 2 is 2.00 bits per heavy atom. The second kappa shape index (κ2) is 5.37. The van der Waals surface area contributed by atoms with Gasteiger partial charge in [0.25, 0.3) is 0 Å². The Labute approximate surface area is 107 Å². The van der Waals surface area contributed by atoms with Crippen molar-refractivity contribution >= 4 is 8.32 Å².